The number of benzene rings is 2. The van der Waals surface area contributed by atoms with E-state index in [1.54, 1.807) is 31.4 Å². The van der Waals surface area contributed by atoms with Crippen molar-refractivity contribution in [3.63, 3.8) is 0 Å². The predicted octanol–water partition coefficient (Wildman–Crippen LogP) is 2.66. The Morgan fingerprint density at radius 2 is 1.78 bits per heavy atom. The van der Waals surface area contributed by atoms with Gasteiger partial charge in [-0.3, -0.25) is 14.5 Å². The number of piperazine rings is 1. The normalized spacial score (nSPS) is 14.7. The van der Waals surface area contributed by atoms with Gasteiger partial charge in [0.15, 0.2) is 5.78 Å². The second kappa shape index (κ2) is 8.68. The third-order valence-corrected chi connectivity index (χ3v) is 4.72. The summed E-state index contributed by atoms with van der Waals surface area (Å²) in [5, 5.41) is 2.88. The molecule has 2 aromatic rings. The van der Waals surface area contributed by atoms with Crippen LogP contribution in [0.15, 0.2) is 48.5 Å². The molecule has 1 fully saturated rings. The molecule has 27 heavy (non-hydrogen) atoms. The van der Waals surface area contributed by atoms with Crippen molar-refractivity contribution in [3.05, 3.63) is 54.1 Å². The highest BCUT2D eigenvalue weighted by Gasteiger charge is 2.21. The van der Waals surface area contributed by atoms with Gasteiger partial charge in [-0.25, -0.2) is 0 Å². The maximum atomic E-state index is 12.3. The molecule has 0 aliphatic carbocycles. The molecule has 0 aromatic heterocycles. The van der Waals surface area contributed by atoms with Crippen molar-refractivity contribution >= 4 is 23.1 Å². The second-order valence-electron chi connectivity index (χ2n) is 6.62. The van der Waals surface area contributed by atoms with Crippen LogP contribution in [0, 0.1) is 0 Å². The number of Topliss-reactive ketones (excluding diaryl/α,β-unsaturated/α-hetero) is 1. The number of anilines is 2. The van der Waals surface area contributed by atoms with E-state index in [-0.39, 0.29) is 11.7 Å². The summed E-state index contributed by atoms with van der Waals surface area (Å²) in [6, 6.07) is 15.0. The quantitative estimate of drug-likeness (QED) is 0.796. The van der Waals surface area contributed by atoms with Crippen LogP contribution in [0.5, 0.6) is 5.75 Å². The molecular formula is C21H25N3O3. The Kier molecular flexibility index (Phi) is 6.08. The summed E-state index contributed by atoms with van der Waals surface area (Å²) >= 11 is 0. The molecule has 0 radical (unpaired) electrons. The summed E-state index contributed by atoms with van der Waals surface area (Å²) in [6.07, 6.45) is 0. The molecule has 6 heteroatoms. The molecule has 0 spiro atoms. The van der Waals surface area contributed by atoms with Crippen LogP contribution >= 0.6 is 0 Å². The first kappa shape index (κ1) is 18.9. The number of carbonyl (C=O) groups is 2. The summed E-state index contributed by atoms with van der Waals surface area (Å²) in [5.41, 5.74) is 2.34. The van der Waals surface area contributed by atoms with Crippen molar-refractivity contribution in [1.82, 2.24) is 4.90 Å². The molecule has 1 N–H and O–H groups in total. The van der Waals surface area contributed by atoms with Crippen LogP contribution in [-0.2, 0) is 4.79 Å². The average molecular weight is 367 g/mol. The zero-order valence-electron chi connectivity index (χ0n) is 15.8. The molecule has 0 atom stereocenters. The van der Waals surface area contributed by atoms with Crippen molar-refractivity contribution in [2.75, 3.05) is 50.1 Å². The minimum Gasteiger partial charge on any atom is -0.495 e. The van der Waals surface area contributed by atoms with Crippen molar-refractivity contribution in [2.45, 2.75) is 6.92 Å². The zero-order valence-corrected chi connectivity index (χ0v) is 15.8. The summed E-state index contributed by atoms with van der Waals surface area (Å²) in [7, 11) is 1.68. The van der Waals surface area contributed by atoms with Crippen LogP contribution < -0.4 is 15.0 Å². The van der Waals surface area contributed by atoms with E-state index >= 15 is 0 Å². The number of rotatable bonds is 6. The van der Waals surface area contributed by atoms with Crippen LogP contribution in [0.25, 0.3) is 0 Å². The van der Waals surface area contributed by atoms with Gasteiger partial charge in [0, 0.05) is 37.4 Å². The van der Waals surface area contributed by atoms with Crippen molar-refractivity contribution in [2.24, 2.45) is 0 Å². The summed E-state index contributed by atoms with van der Waals surface area (Å²) in [4.78, 5) is 28.2. The van der Waals surface area contributed by atoms with Crippen LogP contribution in [0.2, 0.25) is 0 Å². The fraction of sp³-hybridized carbons (Fsp3) is 0.333. The molecule has 1 amide bonds. The highest BCUT2D eigenvalue weighted by molar-refractivity contribution is 5.97. The fourth-order valence-corrected chi connectivity index (χ4v) is 3.26. The minimum atomic E-state index is -0.0681. The van der Waals surface area contributed by atoms with Gasteiger partial charge in [0.25, 0.3) is 0 Å². The minimum absolute atomic E-state index is 0.0152. The number of carbonyl (C=O) groups excluding carboxylic acids is 2. The maximum absolute atomic E-state index is 12.3. The number of hydrogen-bond acceptors (Lipinski definition) is 5. The van der Waals surface area contributed by atoms with Crippen molar-refractivity contribution in [3.8, 4) is 5.75 Å². The van der Waals surface area contributed by atoms with E-state index in [0.29, 0.717) is 17.8 Å². The van der Waals surface area contributed by atoms with Gasteiger partial charge >= 0.3 is 0 Å². The van der Waals surface area contributed by atoms with Gasteiger partial charge in [-0.15, -0.1) is 0 Å². The highest BCUT2D eigenvalue weighted by atomic mass is 16.5. The Morgan fingerprint density at radius 1 is 1.04 bits per heavy atom. The van der Waals surface area contributed by atoms with Gasteiger partial charge in [-0.2, -0.15) is 0 Å². The summed E-state index contributed by atoms with van der Waals surface area (Å²) in [5.74, 6) is 0.786. The largest absolute Gasteiger partial charge is 0.495 e. The third-order valence-electron chi connectivity index (χ3n) is 4.72. The van der Waals surface area contributed by atoms with Gasteiger partial charge in [-0.1, -0.05) is 24.3 Å². The molecule has 1 aliphatic heterocycles. The molecule has 3 rings (SSSR count). The fourth-order valence-electron chi connectivity index (χ4n) is 3.26. The molecule has 0 saturated carbocycles. The number of amides is 1. The first-order chi connectivity index (χ1) is 13.1. The standard InChI is InChI=1S/C21H25N3O3/c1-16(25)17-6-5-7-18(14-17)22-21(26)15-23-10-12-24(13-11-23)19-8-3-4-9-20(19)27-2/h3-9,14H,10-13,15H2,1-2H3,(H,22,26). The van der Waals surface area contributed by atoms with Gasteiger partial charge < -0.3 is 15.0 Å². The zero-order chi connectivity index (χ0) is 19.2. The predicted molar refractivity (Wildman–Crippen MR) is 107 cm³/mol. The molecule has 0 bridgehead atoms. The summed E-state index contributed by atoms with van der Waals surface area (Å²) in [6.45, 7) is 5.14. The Labute approximate surface area is 159 Å². The maximum Gasteiger partial charge on any atom is 0.238 e. The smallest absolute Gasteiger partial charge is 0.238 e. The van der Waals surface area contributed by atoms with Gasteiger partial charge in [0.2, 0.25) is 5.91 Å². The van der Waals surface area contributed by atoms with Gasteiger partial charge in [-0.05, 0) is 31.2 Å². The number of nitrogens with one attached hydrogen (secondary N) is 1. The van der Waals surface area contributed by atoms with Crippen LogP contribution in [0.4, 0.5) is 11.4 Å². The molecule has 1 heterocycles. The third kappa shape index (κ3) is 4.86. The molecule has 6 nitrogen and oxygen atoms in total. The summed E-state index contributed by atoms with van der Waals surface area (Å²) < 4.78 is 5.44. The lowest BCUT2D eigenvalue weighted by molar-refractivity contribution is -0.117. The molecule has 142 valence electrons. The molecule has 2 aromatic carbocycles. The number of ketones is 1. The van der Waals surface area contributed by atoms with E-state index in [0.717, 1.165) is 37.6 Å². The lowest BCUT2D eigenvalue weighted by Crippen LogP contribution is -2.48. The Balaban J connectivity index is 1.52. The SMILES string of the molecule is COc1ccccc1N1CCN(CC(=O)Nc2cccc(C(C)=O)c2)CC1. The van der Waals surface area contributed by atoms with Crippen LogP contribution in [0.1, 0.15) is 17.3 Å². The first-order valence-electron chi connectivity index (χ1n) is 9.08. The average Bonchev–Trinajstić information content (AvgIpc) is 2.68. The van der Waals surface area contributed by atoms with E-state index in [1.807, 2.05) is 18.2 Å². The molecule has 0 unspecified atom stereocenters. The Morgan fingerprint density at radius 3 is 2.48 bits per heavy atom. The van der Waals surface area contributed by atoms with Crippen LogP contribution in [-0.4, -0.2) is 56.4 Å². The van der Waals surface area contributed by atoms with E-state index < -0.39 is 0 Å². The van der Waals surface area contributed by atoms with Crippen molar-refractivity contribution < 1.29 is 14.3 Å². The van der Waals surface area contributed by atoms with Gasteiger partial charge in [0.1, 0.15) is 5.75 Å². The van der Waals surface area contributed by atoms with E-state index in [1.165, 1.54) is 6.92 Å². The monoisotopic (exact) mass is 367 g/mol. The Bertz CT molecular complexity index is 814. The lowest BCUT2D eigenvalue weighted by Gasteiger charge is -2.36. The topological polar surface area (TPSA) is 61.9 Å². The number of para-hydroxylation sites is 2. The second-order valence-corrected chi connectivity index (χ2v) is 6.62. The van der Waals surface area contributed by atoms with E-state index in [2.05, 4.69) is 21.2 Å². The number of nitrogens with zero attached hydrogens (tertiary/aromatic N) is 2. The molecule has 1 saturated heterocycles. The lowest BCUT2D eigenvalue weighted by atomic mass is 10.1. The van der Waals surface area contributed by atoms with Crippen molar-refractivity contribution in [1.29, 1.82) is 0 Å². The van der Waals surface area contributed by atoms with Crippen LogP contribution in [0.3, 0.4) is 0 Å². The molecular weight excluding hydrogens is 342 g/mol. The highest BCUT2D eigenvalue weighted by Crippen LogP contribution is 2.28. The number of ether oxygens (including phenoxy) is 1. The Hall–Kier alpha value is -2.86. The molecule has 1 aliphatic rings. The van der Waals surface area contributed by atoms with E-state index in [9.17, 15) is 9.59 Å². The number of methoxy groups -OCH3 is 1. The number of hydrogen-bond donors (Lipinski definition) is 1. The van der Waals surface area contributed by atoms with Gasteiger partial charge in [0.05, 0.1) is 19.3 Å². The first-order valence-corrected chi connectivity index (χ1v) is 9.08. The van der Waals surface area contributed by atoms with E-state index in [4.69, 9.17) is 4.74 Å².